The summed E-state index contributed by atoms with van der Waals surface area (Å²) >= 11 is 0. The van der Waals surface area contributed by atoms with E-state index in [1.807, 2.05) is 0 Å². The normalized spacial score (nSPS) is 15.2. The number of hydrazine groups is 1. The van der Waals surface area contributed by atoms with Crippen LogP contribution in [0.3, 0.4) is 0 Å². The van der Waals surface area contributed by atoms with Crippen molar-refractivity contribution in [3.63, 3.8) is 0 Å². The number of carbonyl (C=O) groups excluding carboxylic acids is 2. The van der Waals surface area contributed by atoms with E-state index in [1.54, 1.807) is 25.3 Å². The summed E-state index contributed by atoms with van der Waals surface area (Å²) < 4.78 is 5.14. The summed E-state index contributed by atoms with van der Waals surface area (Å²) in [6.45, 7) is -0.0653. The number of hydrogen-bond donors (Lipinski definition) is 3. The van der Waals surface area contributed by atoms with Crippen molar-refractivity contribution in [2.24, 2.45) is 11.8 Å². The number of fused-ring (bicyclic) bond motifs is 1. The lowest BCUT2D eigenvalue weighted by Crippen LogP contribution is -2.41. The summed E-state index contributed by atoms with van der Waals surface area (Å²) in [6.07, 6.45) is 5.32. The van der Waals surface area contributed by atoms with E-state index in [0.717, 1.165) is 25.7 Å². The van der Waals surface area contributed by atoms with Gasteiger partial charge in [0.05, 0.1) is 25.1 Å². The number of ether oxygens (including phenoxy) is 1. The number of anilines is 1. The number of carbonyl (C=O) groups is 2. The van der Waals surface area contributed by atoms with Gasteiger partial charge in [-0.25, -0.2) is 10.0 Å². The Morgan fingerprint density at radius 3 is 2.86 bits per heavy atom. The number of hydrogen-bond acceptors (Lipinski definition) is 8. The van der Waals surface area contributed by atoms with Gasteiger partial charge < -0.3 is 4.74 Å². The molecule has 0 radical (unpaired) electrons. The molecule has 10 heteroatoms. The van der Waals surface area contributed by atoms with Gasteiger partial charge in [-0.05, 0) is 24.5 Å². The van der Waals surface area contributed by atoms with Crippen molar-refractivity contribution in [3.8, 4) is 5.75 Å². The molecule has 2 aromatic rings. The molecule has 3 N–H and O–H groups in total. The Morgan fingerprint density at radius 1 is 1.36 bits per heavy atom. The number of nitrogens with zero attached hydrogens (tertiary/aromatic N) is 4. The molecule has 1 heterocycles. The first-order chi connectivity index (χ1) is 13.6. The fraction of sp³-hybridized carbons (Fsp3) is 0.500. The molecule has 10 nitrogen and oxygen atoms in total. The number of nitrogens with one attached hydrogen (secondary N) is 2. The van der Waals surface area contributed by atoms with Crippen molar-refractivity contribution >= 4 is 29.3 Å². The van der Waals surface area contributed by atoms with Crippen LogP contribution in [0.15, 0.2) is 18.2 Å². The molecule has 0 bridgehead atoms. The topological polar surface area (TPSA) is 130 Å². The lowest BCUT2D eigenvalue weighted by atomic mass is 9.92. The number of aromatic nitrogens is 3. The second-order valence-electron chi connectivity index (χ2n) is 6.91. The lowest BCUT2D eigenvalue weighted by Gasteiger charge is -2.22. The number of benzene rings is 1. The Morgan fingerprint density at radius 2 is 2.14 bits per heavy atom. The van der Waals surface area contributed by atoms with Gasteiger partial charge in [0.15, 0.2) is 0 Å². The summed E-state index contributed by atoms with van der Waals surface area (Å²) in [7, 11) is 1.56. The molecule has 1 aromatic heterocycles. The predicted molar refractivity (Wildman–Crippen MR) is 100 cm³/mol. The molecule has 150 valence electrons. The van der Waals surface area contributed by atoms with E-state index >= 15 is 0 Å². The molecule has 1 fully saturated rings. The molecule has 1 aliphatic carbocycles. The monoisotopic (exact) mass is 388 g/mol. The van der Waals surface area contributed by atoms with Crippen LogP contribution in [0.4, 0.5) is 5.95 Å². The van der Waals surface area contributed by atoms with Gasteiger partial charge >= 0.3 is 0 Å². The third kappa shape index (κ3) is 5.03. The van der Waals surface area contributed by atoms with Gasteiger partial charge in [-0.3, -0.25) is 25.6 Å². The highest BCUT2D eigenvalue weighted by molar-refractivity contribution is 5.80. The van der Waals surface area contributed by atoms with Crippen molar-refractivity contribution in [2.75, 3.05) is 19.1 Å². The third-order valence-electron chi connectivity index (χ3n) is 4.95. The summed E-state index contributed by atoms with van der Waals surface area (Å²) in [6, 6.07) is 5.21. The zero-order valence-corrected chi connectivity index (χ0v) is 15.7. The molecular weight excluding hydrogens is 364 g/mol. The highest BCUT2D eigenvalue weighted by Gasteiger charge is 2.27. The molecule has 3 rings (SSSR count). The first-order valence-corrected chi connectivity index (χ1v) is 9.24. The molecule has 1 aliphatic rings. The summed E-state index contributed by atoms with van der Waals surface area (Å²) in [4.78, 5) is 27.6. The number of rotatable bonds is 9. The van der Waals surface area contributed by atoms with Gasteiger partial charge in [-0.1, -0.05) is 25.7 Å². The number of hydroxylamine groups is 2. The van der Waals surface area contributed by atoms with Gasteiger partial charge in [-0.2, -0.15) is 0 Å². The van der Waals surface area contributed by atoms with Crippen molar-refractivity contribution in [3.05, 3.63) is 18.2 Å². The van der Waals surface area contributed by atoms with Crippen molar-refractivity contribution in [1.82, 2.24) is 25.7 Å². The van der Waals surface area contributed by atoms with Gasteiger partial charge in [0, 0.05) is 6.07 Å². The van der Waals surface area contributed by atoms with E-state index in [0.29, 0.717) is 40.6 Å². The van der Waals surface area contributed by atoms with Crippen LogP contribution in [0, 0.1) is 11.8 Å². The minimum Gasteiger partial charge on any atom is -0.497 e. The van der Waals surface area contributed by atoms with Crippen LogP contribution in [0.1, 0.15) is 32.1 Å². The zero-order valence-electron chi connectivity index (χ0n) is 15.7. The van der Waals surface area contributed by atoms with Crippen molar-refractivity contribution in [2.45, 2.75) is 32.1 Å². The second kappa shape index (κ2) is 9.27. The molecule has 0 saturated heterocycles. The maximum Gasteiger partial charge on any atom is 0.262 e. The van der Waals surface area contributed by atoms with Gasteiger partial charge in [0.1, 0.15) is 11.3 Å². The third-order valence-corrected chi connectivity index (χ3v) is 4.95. The Labute approximate surface area is 162 Å². The molecule has 28 heavy (non-hydrogen) atoms. The Bertz CT molecular complexity index is 827. The van der Waals surface area contributed by atoms with Crippen LogP contribution in [-0.4, -0.2) is 51.4 Å². The van der Waals surface area contributed by atoms with Crippen molar-refractivity contribution in [1.29, 1.82) is 0 Å². The molecule has 0 aliphatic heterocycles. The highest BCUT2D eigenvalue weighted by atomic mass is 16.5. The maximum atomic E-state index is 12.6. The summed E-state index contributed by atoms with van der Waals surface area (Å²) in [5.74, 6) is 0.331. The van der Waals surface area contributed by atoms with E-state index in [4.69, 9.17) is 4.74 Å². The molecular formula is C18H24N6O4. The van der Waals surface area contributed by atoms with E-state index < -0.39 is 5.92 Å². The molecule has 0 spiro atoms. The molecule has 1 atom stereocenters. The number of methoxy groups -OCH3 is 1. The van der Waals surface area contributed by atoms with Crippen LogP contribution in [-0.2, 0) is 9.59 Å². The van der Waals surface area contributed by atoms with E-state index in [2.05, 4.69) is 26.0 Å². The molecule has 1 aromatic carbocycles. The van der Waals surface area contributed by atoms with Crippen LogP contribution < -0.4 is 15.6 Å². The lowest BCUT2D eigenvalue weighted by molar-refractivity contribution is -0.154. The van der Waals surface area contributed by atoms with Crippen LogP contribution in [0.25, 0.3) is 11.0 Å². The minimum absolute atomic E-state index is 0.0653. The van der Waals surface area contributed by atoms with E-state index in [-0.39, 0.29) is 18.4 Å². The standard InChI is InChI=1S/C18H24N6O4/c1-28-14-6-7-15-16(9-14)20-22-18(19-15)23-21-17(26)13(10-24(27)11-25)8-12-4-2-3-5-12/h6-7,9,11-13,27H,2-5,8,10H2,1H3,(H,21,26)(H,19,22,23)/t13-/m1/s1. The quantitative estimate of drug-likeness (QED) is 0.335. The zero-order chi connectivity index (χ0) is 19.9. The average Bonchev–Trinajstić information content (AvgIpc) is 3.23. The van der Waals surface area contributed by atoms with E-state index in [1.165, 1.54) is 0 Å². The minimum atomic E-state index is -0.538. The molecule has 0 unspecified atom stereocenters. The first kappa shape index (κ1) is 19.7. The first-order valence-electron chi connectivity index (χ1n) is 9.24. The van der Waals surface area contributed by atoms with Gasteiger partial charge in [0.2, 0.25) is 12.3 Å². The predicted octanol–water partition coefficient (Wildman–Crippen LogP) is 1.52. The number of amides is 2. The molecule has 2 amide bonds. The summed E-state index contributed by atoms with van der Waals surface area (Å²) in [5.41, 5.74) is 6.38. The molecule has 1 saturated carbocycles. The maximum absolute atomic E-state index is 12.6. The average molecular weight is 388 g/mol. The van der Waals surface area contributed by atoms with Crippen molar-refractivity contribution < 1.29 is 19.5 Å². The fourth-order valence-electron chi connectivity index (χ4n) is 3.50. The largest absolute Gasteiger partial charge is 0.497 e. The van der Waals surface area contributed by atoms with Gasteiger partial charge in [-0.15, -0.1) is 10.2 Å². The second-order valence-corrected chi connectivity index (χ2v) is 6.91. The summed E-state index contributed by atoms with van der Waals surface area (Å²) in [5, 5.41) is 18.0. The van der Waals surface area contributed by atoms with Crippen LogP contribution in [0.2, 0.25) is 0 Å². The fourth-order valence-corrected chi connectivity index (χ4v) is 3.50. The van der Waals surface area contributed by atoms with Gasteiger partial charge in [0.25, 0.3) is 5.95 Å². The SMILES string of the molecule is COc1ccc2nc(NNC(=O)[C@H](CC3CCCC3)CN(O)C=O)nnc2c1. The van der Waals surface area contributed by atoms with E-state index in [9.17, 15) is 14.8 Å². The Kier molecular flexibility index (Phi) is 6.53. The Hall–Kier alpha value is -3.01. The van der Waals surface area contributed by atoms with Crippen LogP contribution >= 0.6 is 0 Å². The highest BCUT2D eigenvalue weighted by Crippen LogP contribution is 2.30. The smallest absolute Gasteiger partial charge is 0.262 e. The Balaban J connectivity index is 1.63. The van der Waals surface area contributed by atoms with Crippen LogP contribution in [0.5, 0.6) is 5.75 Å².